The first-order valence-electron chi connectivity index (χ1n) is 10.8. The van der Waals surface area contributed by atoms with Crippen molar-refractivity contribution >= 4 is 28.7 Å². The van der Waals surface area contributed by atoms with Gasteiger partial charge in [-0.25, -0.2) is 4.79 Å². The fourth-order valence-corrected chi connectivity index (χ4v) is 4.65. The zero-order valence-electron chi connectivity index (χ0n) is 18.2. The number of piperidine rings is 1. The first-order valence-corrected chi connectivity index (χ1v) is 10.8. The van der Waals surface area contributed by atoms with Crippen molar-refractivity contribution in [1.82, 2.24) is 24.9 Å². The average Bonchev–Trinajstić information content (AvgIpc) is 3.25. The fraction of sp³-hybridized carbons (Fsp3) is 0.333. The Morgan fingerprint density at radius 1 is 1.06 bits per heavy atom. The summed E-state index contributed by atoms with van der Waals surface area (Å²) in [5.41, 5.74) is 2.41. The number of urea groups is 1. The van der Waals surface area contributed by atoms with Gasteiger partial charge in [-0.05, 0) is 31.4 Å². The summed E-state index contributed by atoms with van der Waals surface area (Å²) < 4.78 is 1.71. The quantitative estimate of drug-likeness (QED) is 0.646. The molecular formula is C24H25N5O3. The van der Waals surface area contributed by atoms with Gasteiger partial charge in [-0.3, -0.25) is 19.2 Å². The second kappa shape index (κ2) is 7.47. The standard InChI is InChI=1S/C24H25N5O3/c1-16-7-9-17(10-8-16)15-29-22(31)24(25-23(29)32)11-13-28(14-12-24)21(30)20-18-5-3-4-6-19(18)27(2)26-20/h3-10H,11-15H2,1-2H3,(H,25,32). The highest BCUT2D eigenvalue weighted by atomic mass is 16.2. The lowest BCUT2D eigenvalue weighted by molar-refractivity contribution is -0.133. The minimum atomic E-state index is -0.940. The molecule has 32 heavy (non-hydrogen) atoms. The SMILES string of the molecule is Cc1ccc(CN2C(=O)NC3(CCN(C(=O)c4nn(C)c5ccccc45)CC3)C2=O)cc1. The molecule has 5 rings (SSSR count). The van der Waals surface area contributed by atoms with Crippen molar-refractivity contribution in [1.29, 1.82) is 0 Å². The van der Waals surface area contributed by atoms with Gasteiger partial charge in [-0.15, -0.1) is 0 Å². The lowest BCUT2D eigenvalue weighted by atomic mass is 9.87. The second-order valence-electron chi connectivity index (χ2n) is 8.67. The highest BCUT2D eigenvalue weighted by molar-refractivity contribution is 6.08. The summed E-state index contributed by atoms with van der Waals surface area (Å²) >= 11 is 0. The molecule has 0 radical (unpaired) electrons. The number of aromatic nitrogens is 2. The lowest BCUT2D eigenvalue weighted by Crippen LogP contribution is -2.55. The van der Waals surface area contributed by atoms with E-state index in [4.69, 9.17) is 0 Å². The van der Waals surface area contributed by atoms with Crippen molar-refractivity contribution in [3.05, 3.63) is 65.4 Å². The smallest absolute Gasteiger partial charge is 0.325 e. The molecule has 1 spiro atoms. The summed E-state index contributed by atoms with van der Waals surface area (Å²) in [5, 5.41) is 8.15. The molecule has 2 aliphatic rings. The van der Waals surface area contributed by atoms with Crippen molar-refractivity contribution in [2.45, 2.75) is 31.8 Å². The van der Waals surface area contributed by atoms with Gasteiger partial charge in [0.2, 0.25) is 0 Å². The van der Waals surface area contributed by atoms with E-state index in [1.165, 1.54) is 4.90 Å². The van der Waals surface area contributed by atoms with Crippen LogP contribution in [-0.4, -0.2) is 56.1 Å². The van der Waals surface area contributed by atoms with Crippen LogP contribution in [0.1, 0.15) is 34.5 Å². The summed E-state index contributed by atoms with van der Waals surface area (Å²) in [5.74, 6) is -0.358. The molecule has 164 valence electrons. The average molecular weight is 431 g/mol. The molecule has 2 saturated heterocycles. The first kappa shape index (κ1) is 20.2. The van der Waals surface area contributed by atoms with Crippen molar-refractivity contribution in [2.75, 3.05) is 13.1 Å². The van der Waals surface area contributed by atoms with Gasteiger partial charge in [0.25, 0.3) is 11.8 Å². The molecule has 2 aliphatic heterocycles. The summed E-state index contributed by atoms with van der Waals surface area (Å²) in [7, 11) is 1.82. The molecule has 3 heterocycles. The highest BCUT2D eigenvalue weighted by Gasteiger charge is 2.52. The van der Waals surface area contributed by atoms with Crippen LogP contribution in [0.2, 0.25) is 0 Å². The van der Waals surface area contributed by atoms with Crippen molar-refractivity contribution in [2.24, 2.45) is 7.05 Å². The summed E-state index contributed by atoms with van der Waals surface area (Å²) in [6.45, 7) is 3.01. The molecule has 0 bridgehead atoms. The Morgan fingerprint density at radius 2 is 1.75 bits per heavy atom. The number of carbonyl (C=O) groups is 3. The van der Waals surface area contributed by atoms with Crippen LogP contribution in [0.15, 0.2) is 48.5 Å². The monoisotopic (exact) mass is 431 g/mol. The van der Waals surface area contributed by atoms with E-state index in [0.717, 1.165) is 22.0 Å². The van der Waals surface area contributed by atoms with E-state index >= 15 is 0 Å². The number of imide groups is 1. The van der Waals surface area contributed by atoms with Crippen LogP contribution in [0.5, 0.6) is 0 Å². The van der Waals surface area contributed by atoms with Gasteiger partial charge in [0.15, 0.2) is 5.69 Å². The van der Waals surface area contributed by atoms with Crippen molar-refractivity contribution in [3.8, 4) is 0 Å². The fourth-order valence-electron chi connectivity index (χ4n) is 4.65. The van der Waals surface area contributed by atoms with Gasteiger partial charge >= 0.3 is 6.03 Å². The van der Waals surface area contributed by atoms with E-state index in [-0.39, 0.29) is 24.4 Å². The Morgan fingerprint density at radius 3 is 2.47 bits per heavy atom. The number of likely N-dealkylation sites (tertiary alicyclic amines) is 1. The van der Waals surface area contributed by atoms with Crippen LogP contribution in [0, 0.1) is 6.92 Å². The molecule has 0 atom stereocenters. The summed E-state index contributed by atoms with van der Waals surface area (Å²) in [6, 6.07) is 15.1. The summed E-state index contributed by atoms with van der Waals surface area (Å²) in [4.78, 5) is 42.0. The van der Waals surface area contributed by atoms with E-state index in [1.807, 2.05) is 62.5 Å². The van der Waals surface area contributed by atoms with E-state index in [2.05, 4.69) is 10.4 Å². The van der Waals surface area contributed by atoms with Gasteiger partial charge in [-0.2, -0.15) is 5.10 Å². The predicted molar refractivity (Wildman–Crippen MR) is 119 cm³/mol. The minimum Gasteiger partial charge on any atom is -0.337 e. The number of hydrogen-bond donors (Lipinski definition) is 1. The Kier molecular flexibility index (Phi) is 4.73. The maximum Gasteiger partial charge on any atom is 0.325 e. The molecule has 3 aromatic rings. The third-order valence-electron chi connectivity index (χ3n) is 6.57. The number of amides is 4. The molecule has 1 N–H and O–H groups in total. The molecule has 4 amide bonds. The maximum absolute atomic E-state index is 13.2. The third kappa shape index (κ3) is 3.23. The predicted octanol–water partition coefficient (Wildman–Crippen LogP) is 2.61. The van der Waals surface area contributed by atoms with E-state index in [1.54, 1.807) is 9.58 Å². The van der Waals surface area contributed by atoms with Gasteiger partial charge in [0, 0.05) is 25.5 Å². The topological polar surface area (TPSA) is 87.5 Å². The van der Waals surface area contributed by atoms with E-state index < -0.39 is 5.54 Å². The molecule has 0 saturated carbocycles. The Hall–Kier alpha value is -3.68. The molecule has 0 aliphatic carbocycles. The summed E-state index contributed by atoms with van der Waals surface area (Å²) in [6.07, 6.45) is 0.775. The maximum atomic E-state index is 13.2. The Balaban J connectivity index is 1.30. The number of fused-ring (bicyclic) bond motifs is 1. The molecule has 8 nitrogen and oxygen atoms in total. The van der Waals surface area contributed by atoms with Gasteiger partial charge in [0.05, 0.1) is 12.1 Å². The molecule has 1 aromatic heterocycles. The van der Waals surface area contributed by atoms with Crippen LogP contribution in [-0.2, 0) is 18.4 Å². The molecule has 0 unspecified atom stereocenters. The Bertz CT molecular complexity index is 1220. The number of hydrogen-bond acceptors (Lipinski definition) is 4. The minimum absolute atomic E-state index is 0.148. The van der Waals surface area contributed by atoms with E-state index in [9.17, 15) is 14.4 Å². The number of carbonyl (C=O) groups excluding carboxylic acids is 3. The second-order valence-corrected chi connectivity index (χ2v) is 8.67. The van der Waals surface area contributed by atoms with Crippen molar-refractivity contribution in [3.63, 3.8) is 0 Å². The normalized spacial score (nSPS) is 17.9. The number of aryl methyl sites for hydroxylation is 2. The highest BCUT2D eigenvalue weighted by Crippen LogP contribution is 2.31. The number of para-hydroxylation sites is 1. The van der Waals surface area contributed by atoms with Crippen LogP contribution < -0.4 is 5.32 Å². The first-order chi connectivity index (χ1) is 15.4. The van der Waals surface area contributed by atoms with Gasteiger partial charge in [0.1, 0.15) is 5.54 Å². The van der Waals surface area contributed by atoms with E-state index in [0.29, 0.717) is 31.6 Å². The zero-order chi connectivity index (χ0) is 22.5. The number of nitrogens with one attached hydrogen (secondary N) is 1. The van der Waals surface area contributed by atoms with Crippen molar-refractivity contribution < 1.29 is 14.4 Å². The number of rotatable bonds is 3. The largest absolute Gasteiger partial charge is 0.337 e. The Labute approximate surface area is 185 Å². The number of nitrogens with zero attached hydrogens (tertiary/aromatic N) is 4. The van der Waals surface area contributed by atoms with Crippen LogP contribution in [0.3, 0.4) is 0 Å². The van der Waals surface area contributed by atoms with Gasteiger partial charge < -0.3 is 10.2 Å². The lowest BCUT2D eigenvalue weighted by Gasteiger charge is -2.37. The van der Waals surface area contributed by atoms with Crippen LogP contribution in [0.25, 0.3) is 10.9 Å². The molecule has 8 heteroatoms. The van der Waals surface area contributed by atoms with Crippen LogP contribution in [0.4, 0.5) is 4.79 Å². The zero-order valence-corrected chi connectivity index (χ0v) is 18.2. The third-order valence-corrected chi connectivity index (χ3v) is 6.57. The van der Waals surface area contributed by atoms with Gasteiger partial charge in [-0.1, -0.05) is 48.0 Å². The van der Waals surface area contributed by atoms with Crippen LogP contribution >= 0.6 is 0 Å². The number of benzene rings is 2. The molecule has 2 aromatic carbocycles. The molecule has 2 fully saturated rings. The molecular weight excluding hydrogens is 406 g/mol.